The van der Waals surface area contributed by atoms with E-state index in [-0.39, 0.29) is 16.9 Å². The molecule has 2 heterocycles. The number of nitriles is 1. The van der Waals surface area contributed by atoms with E-state index < -0.39 is 5.25 Å². The zero-order valence-corrected chi connectivity index (χ0v) is 19.7. The average molecular weight is 483 g/mol. The molecule has 5 rings (SSSR count). The van der Waals surface area contributed by atoms with Gasteiger partial charge in [-0.15, -0.1) is 11.3 Å². The first kappa shape index (κ1) is 21.9. The fourth-order valence-corrected chi connectivity index (χ4v) is 5.57. The Hall–Kier alpha value is -3.93. The molecular weight excluding hydrogens is 464 g/mol. The number of allylic oxidation sites excluding steroid dienone is 1. The van der Waals surface area contributed by atoms with E-state index >= 15 is 0 Å². The molecule has 1 unspecified atom stereocenters. The topological polar surface area (TPSA) is 91.8 Å². The van der Waals surface area contributed by atoms with Gasteiger partial charge in [-0.1, -0.05) is 54.2 Å². The Kier molecular flexibility index (Phi) is 5.88. The number of aliphatic hydroxyl groups is 1. The minimum Gasteiger partial charge on any atom is -0.510 e. The van der Waals surface area contributed by atoms with Gasteiger partial charge in [0.1, 0.15) is 22.4 Å². The summed E-state index contributed by atoms with van der Waals surface area (Å²) >= 11 is 2.57. The van der Waals surface area contributed by atoms with Gasteiger partial charge in [0.25, 0.3) is 5.56 Å². The Morgan fingerprint density at radius 1 is 1.00 bits per heavy atom. The van der Waals surface area contributed by atoms with Crippen molar-refractivity contribution in [2.75, 3.05) is 0 Å². The van der Waals surface area contributed by atoms with Crippen LogP contribution in [-0.2, 0) is 0 Å². The summed E-state index contributed by atoms with van der Waals surface area (Å²) in [5.74, 6) is -0.103. The van der Waals surface area contributed by atoms with Gasteiger partial charge in [0, 0.05) is 0 Å². The van der Waals surface area contributed by atoms with Crippen LogP contribution in [0, 0.1) is 11.3 Å². The van der Waals surface area contributed by atoms with Crippen molar-refractivity contribution >= 4 is 49.8 Å². The van der Waals surface area contributed by atoms with Crippen molar-refractivity contribution in [1.82, 2.24) is 14.5 Å². The second kappa shape index (κ2) is 9.14. The van der Waals surface area contributed by atoms with Gasteiger partial charge in [-0.2, -0.15) is 5.26 Å². The number of thiazole rings is 1. The Balaban J connectivity index is 1.60. The number of aliphatic hydroxyl groups excluding tert-OH is 1. The van der Waals surface area contributed by atoms with Crippen LogP contribution in [0.1, 0.15) is 11.9 Å². The number of nitrogens with zero attached hydrogens (tertiary/aromatic N) is 4. The third-order valence-corrected chi connectivity index (χ3v) is 7.42. The summed E-state index contributed by atoms with van der Waals surface area (Å²) in [4.78, 5) is 22.6. The van der Waals surface area contributed by atoms with Crippen molar-refractivity contribution < 1.29 is 5.11 Å². The first-order chi connectivity index (χ1) is 16.6. The largest absolute Gasteiger partial charge is 0.510 e. The van der Waals surface area contributed by atoms with Gasteiger partial charge < -0.3 is 5.11 Å². The molecule has 2 aromatic heterocycles. The van der Waals surface area contributed by atoms with E-state index in [1.54, 1.807) is 23.6 Å². The Labute approximate surface area is 203 Å². The Bertz CT molecular complexity index is 1620. The van der Waals surface area contributed by atoms with E-state index in [0.29, 0.717) is 26.8 Å². The highest BCUT2D eigenvalue weighted by Crippen LogP contribution is 2.33. The molecule has 0 fully saturated rings. The van der Waals surface area contributed by atoms with Gasteiger partial charge in [-0.3, -0.25) is 9.36 Å². The zero-order valence-electron chi connectivity index (χ0n) is 18.0. The molecule has 3 aromatic carbocycles. The number of benzene rings is 3. The maximum atomic E-state index is 13.4. The molecule has 166 valence electrons. The second-order valence-electron chi connectivity index (χ2n) is 7.51. The van der Waals surface area contributed by atoms with Gasteiger partial charge in [0.15, 0.2) is 5.16 Å². The summed E-state index contributed by atoms with van der Waals surface area (Å²) < 4.78 is 2.48. The molecule has 0 amide bonds. The maximum absolute atomic E-state index is 13.4. The predicted molar refractivity (Wildman–Crippen MR) is 137 cm³/mol. The lowest BCUT2D eigenvalue weighted by atomic mass is 10.2. The molecular formula is C26H18N4O2S2. The van der Waals surface area contributed by atoms with Gasteiger partial charge in [0.2, 0.25) is 0 Å². The molecule has 5 aromatic rings. The molecule has 6 nitrogen and oxygen atoms in total. The molecule has 0 saturated heterocycles. The van der Waals surface area contributed by atoms with E-state index in [9.17, 15) is 15.2 Å². The highest BCUT2D eigenvalue weighted by molar-refractivity contribution is 8.00. The monoisotopic (exact) mass is 482 g/mol. The summed E-state index contributed by atoms with van der Waals surface area (Å²) in [5.41, 5.74) is 1.95. The number of para-hydroxylation sites is 3. The highest BCUT2D eigenvalue weighted by atomic mass is 32.2. The summed E-state index contributed by atoms with van der Waals surface area (Å²) in [6, 6.07) is 26.1. The quantitative estimate of drug-likeness (QED) is 0.144. The van der Waals surface area contributed by atoms with Crippen LogP contribution in [0.25, 0.3) is 32.4 Å². The SMILES string of the molecule is CC(Sc1nc2ccccc2c(=O)n1-c1ccccc1)/C(O)=C(\C#N)c1nc2ccccc2s1. The molecule has 1 N–H and O–H groups in total. The third-order valence-electron chi connectivity index (χ3n) is 5.30. The van der Waals surface area contributed by atoms with Crippen molar-refractivity contribution in [3.8, 4) is 11.8 Å². The average Bonchev–Trinajstić information content (AvgIpc) is 3.29. The number of rotatable bonds is 5. The van der Waals surface area contributed by atoms with Crippen LogP contribution in [0.2, 0.25) is 0 Å². The Morgan fingerprint density at radius 3 is 2.41 bits per heavy atom. The molecule has 0 saturated carbocycles. The number of thioether (sulfide) groups is 1. The minimum atomic E-state index is -0.551. The molecule has 0 bridgehead atoms. The second-order valence-corrected chi connectivity index (χ2v) is 9.85. The van der Waals surface area contributed by atoms with Crippen molar-refractivity contribution in [2.45, 2.75) is 17.3 Å². The molecule has 0 spiro atoms. The van der Waals surface area contributed by atoms with Crippen molar-refractivity contribution in [3.05, 3.63) is 100.0 Å². The van der Waals surface area contributed by atoms with E-state index in [1.165, 1.54) is 23.1 Å². The molecule has 0 aliphatic rings. The molecule has 1 atom stereocenters. The molecule has 34 heavy (non-hydrogen) atoms. The fraction of sp³-hybridized carbons (Fsp3) is 0.0769. The third kappa shape index (κ3) is 3.96. The highest BCUT2D eigenvalue weighted by Gasteiger charge is 2.22. The van der Waals surface area contributed by atoms with Crippen molar-refractivity contribution in [3.63, 3.8) is 0 Å². The van der Waals surface area contributed by atoms with E-state index in [1.807, 2.05) is 66.7 Å². The molecule has 0 aliphatic carbocycles. The van der Waals surface area contributed by atoms with Crippen LogP contribution in [-0.4, -0.2) is 24.9 Å². The van der Waals surface area contributed by atoms with E-state index in [2.05, 4.69) is 11.1 Å². The number of aromatic nitrogens is 3. The smallest absolute Gasteiger partial charge is 0.266 e. The van der Waals surface area contributed by atoms with Gasteiger partial charge >= 0.3 is 0 Å². The lowest BCUT2D eigenvalue weighted by molar-refractivity contribution is 0.402. The van der Waals surface area contributed by atoms with Crippen LogP contribution >= 0.6 is 23.1 Å². The van der Waals surface area contributed by atoms with Crippen molar-refractivity contribution in [2.24, 2.45) is 0 Å². The lowest BCUT2D eigenvalue weighted by Gasteiger charge is -2.16. The number of fused-ring (bicyclic) bond motifs is 2. The molecule has 0 radical (unpaired) electrons. The van der Waals surface area contributed by atoms with E-state index in [4.69, 9.17) is 4.98 Å². The zero-order chi connectivity index (χ0) is 23.7. The summed E-state index contributed by atoms with van der Waals surface area (Å²) in [7, 11) is 0. The maximum Gasteiger partial charge on any atom is 0.266 e. The summed E-state index contributed by atoms with van der Waals surface area (Å²) in [6.45, 7) is 1.78. The fourth-order valence-electron chi connectivity index (χ4n) is 3.61. The predicted octanol–water partition coefficient (Wildman–Crippen LogP) is 5.97. The van der Waals surface area contributed by atoms with Crippen LogP contribution < -0.4 is 5.56 Å². The first-order valence-corrected chi connectivity index (χ1v) is 12.2. The summed E-state index contributed by atoms with van der Waals surface area (Å²) in [5, 5.41) is 21.7. The van der Waals surface area contributed by atoms with Gasteiger partial charge in [0.05, 0.1) is 32.1 Å². The van der Waals surface area contributed by atoms with Crippen LogP contribution in [0.5, 0.6) is 0 Å². The standard InChI is InChI=1S/C26H18N4O2S2/c1-16(23(31)19(15-27)24-28-21-13-7-8-14-22(21)34-24)33-26-29-20-12-6-5-11-18(20)25(32)30(26)17-9-3-2-4-10-17/h2-14,16,31H,1H3/b23-19-. The van der Waals surface area contributed by atoms with Crippen LogP contribution in [0.4, 0.5) is 0 Å². The number of hydrogen-bond acceptors (Lipinski definition) is 7. The van der Waals surface area contributed by atoms with Gasteiger partial charge in [-0.05, 0) is 43.3 Å². The number of hydrogen-bond donors (Lipinski definition) is 1. The minimum absolute atomic E-state index is 0.103. The molecule has 8 heteroatoms. The van der Waals surface area contributed by atoms with Gasteiger partial charge in [-0.25, -0.2) is 9.97 Å². The lowest BCUT2D eigenvalue weighted by Crippen LogP contribution is -2.22. The summed E-state index contributed by atoms with van der Waals surface area (Å²) in [6.07, 6.45) is 0. The van der Waals surface area contributed by atoms with Crippen LogP contribution in [0.3, 0.4) is 0 Å². The van der Waals surface area contributed by atoms with Crippen LogP contribution in [0.15, 0.2) is 94.6 Å². The Morgan fingerprint density at radius 2 is 1.68 bits per heavy atom. The molecule has 0 aliphatic heterocycles. The first-order valence-electron chi connectivity index (χ1n) is 10.5. The van der Waals surface area contributed by atoms with Crippen molar-refractivity contribution in [1.29, 1.82) is 5.26 Å². The normalized spacial score (nSPS) is 12.9. The van der Waals surface area contributed by atoms with E-state index in [0.717, 1.165) is 10.2 Å².